The molecule has 6 nitrogen and oxygen atoms in total. The monoisotopic (exact) mass is 284 g/mol. The van der Waals surface area contributed by atoms with Gasteiger partial charge in [-0.1, -0.05) is 11.6 Å². The quantitative estimate of drug-likeness (QED) is 0.616. The minimum Gasteiger partial charge on any atom is -0.377 e. The van der Waals surface area contributed by atoms with E-state index < -0.39 is 4.92 Å². The zero-order chi connectivity index (χ0) is 14.0. The number of hydrogen-bond acceptors (Lipinski definition) is 4. The van der Waals surface area contributed by atoms with Gasteiger partial charge in [0.25, 0.3) is 11.6 Å². The molecule has 1 aliphatic rings. The van der Waals surface area contributed by atoms with Crippen LogP contribution < -0.4 is 0 Å². The normalized spacial score (nSPS) is 19.3. The standard InChI is InChI=1S/C12H13ClN2O4/c1-8-7-19-5-4-14(8)12(16)9-2-3-10(13)11(6-9)15(17)18/h2-3,6,8H,4-5,7H2,1H3. The van der Waals surface area contributed by atoms with Gasteiger partial charge in [-0.2, -0.15) is 0 Å². The van der Waals surface area contributed by atoms with Crippen molar-refractivity contribution in [3.8, 4) is 0 Å². The summed E-state index contributed by atoms with van der Waals surface area (Å²) in [6.45, 7) is 3.31. The fourth-order valence-corrected chi connectivity index (χ4v) is 2.17. The summed E-state index contributed by atoms with van der Waals surface area (Å²) in [4.78, 5) is 24.2. The van der Waals surface area contributed by atoms with Gasteiger partial charge >= 0.3 is 0 Å². The van der Waals surface area contributed by atoms with Crippen LogP contribution in [0.5, 0.6) is 0 Å². The molecule has 1 aliphatic heterocycles. The average molecular weight is 285 g/mol. The molecule has 102 valence electrons. The van der Waals surface area contributed by atoms with Crippen LogP contribution in [0.25, 0.3) is 0 Å². The summed E-state index contributed by atoms with van der Waals surface area (Å²) in [5.41, 5.74) is 0.0123. The molecule has 1 saturated heterocycles. The number of halogens is 1. The minimum atomic E-state index is -0.595. The SMILES string of the molecule is CC1COCCN1C(=O)c1ccc(Cl)c([N+](=O)[O-])c1. The lowest BCUT2D eigenvalue weighted by molar-refractivity contribution is -0.384. The predicted molar refractivity (Wildman–Crippen MR) is 69.4 cm³/mol. The van der Waals surface area contributed by atoms with E-state index in [2.05, 4.69) is 0 Å². The van der Waals surface area contributed by atoms with Crippen LogP contribution in [0.1, 0.15) is 17.3 Å². The highest BCUT2D eigenvalue weighted by Gasteiger charge is 2.26. The highest BCUT2D eigenvalue weighted by molar-refractivity contribution is 6.32. The lowest BCUT2D eigenvalue weighted by atomic mass is 10.1. The molecule has 0 radical (unpaired) electrons. The van der Waals surface area contributed by atoms with E-state index >= 15 is 0 Å². The molecular formula is C12H13ClN2O4. The van der Waals surface area contributed by atoms with Gasteiger partial charge in [-0.3, -0.25) is 14.9 Å². The van der Waals surface area contributed by atoms with Crippen LogP contribution in [-0.2, 0) is 4.74 Å². The molecule has 0 N–H and O–H groups in total. The third-order valence-electron chi connectivity index (χ3n) is 3.02. The van der Waals surface area contributed by atoms with E-state index in [1.54, 1.807) is 4.90 Å². The van der Waals surface area contributed by atoms with Crippen molar-refractivity contribution in [2.75, 3.05) is 19.8 Å². The first-order valence-electron chi connectivity index (χ1n) is 5.83. The van der Waals surface area contributed by atoms with Crippen molar-refractivity contribution in [3.63, 3.8) is 0 Å². The molecule has 1 heterocycles. The summed E-state index contributed by atoms with van der Waals surface area (Å²) in [5.74, 6) is -0.240. The molecule has 1 aromatic rings. The fraction of sp³-hybridized carbons (Fsp3) is 0.417. The molecule has 1 atom stereocenters. The maximum absolute atomic E-state index is 12.3. The molecule has 1 unspecified atom stereocenters. The molecule has 0 aliphatic carbocycles. The number of nitro benzene ring substituents is 1. The lowest BCUT2D eigenvalue weighted by Gasteiger charge is -2.33. The molecule has 1 fully saturated rings. The second-order valence-electron chi connectivity index (χ2n) is 4.35. The highest BCUT2D eigenvalue weighted by atomic mass is 35.5. The Hall–Kier alpha value is -1.66. The van der Waals surface area contributed by atoms with Crippen molar-refractivity contribution in [1.82, 2.24) is 4.90 Å². The number of morpholine rings is 1. The Morgan fingerprint density at radius 2 is 2.32 bits per heavy atom. The first-order chi connectivity index (χ1) is 9.00. The molecule has 7 heteroatoms. The Kier molecular flexibility index (Phi) is 4.01. The van der Waals surface area contributed by atoms with E-state index in [-0.39, 0.29) is 28.2 Å². The van der Waals surface area contributed by atoms with E-state index in [4.69, 9.17) is 16.3 Å². The molecule has 0 bridgehead atoms. The van der Waals surface area contributed by atoms with Crippen LogP contribution in [0.3, 0.4) is 0 Å². The largest absolute Gasteiger partial charge is 0.377 e. The number of nitrogens with zero attached hydrogens (tertiary/aromatic N) is 2. The molecule has 1 aromatic carbocycles. The number of carbonyl (C=O) groups is 1. The molecule has 0 aromatic heterocycles. The number of ether oxygens (including phenoxy) is 1. The zero-order valence-electron chi connectivity index (χ0n) is 10.3. The molecule has 1 amide bonds. The lowest BCUT2D eigenvalue weighted by Crippen LogP contribution is -2.47. The molecule has 2 rings (SSSR count). The second-order valence-corrected chi connectivity index (χ2v) is 4.75. The third kappa shape index (κ3) is 2.85. The zero-order valence-corrected chi connectivity index (χ0v) is 11.1. The number of nitro groups is 1. The summed E-state index contributed by atoms with van der Waals surface area (Å²) in [7, 11) is 0. The number of benzene rings is 1. The third-order valence-corrected chi connectivity index (χ3v) is 3.34. The topological polar surface area (TPSA) is 72.7 Å². The van der Waals surface area contributed by atoms with Crippen molar-refractivity contribution in [2.24, 2.45) is 0 Å². The van der Waals surface area contributed by atoms with Crippen molar-refractivity contribution in [2.45, 2.75) is 13.0 Å². The van der Waals surface area contributed by atoms with Crippen molar-refractivity contribution in [1.29, 1.82) is 0 Å². The molecular weight excluding hydrogens is 272 g/mol. The fourth-order valence-electron chi connectivity index (χ4n) is 1.98. The Morgan fingerprint density at radius 1 is 1.58 bits per heavy atom. The van der Waals surface area contributed by atoms with Crippen LogP contribution in [0.2, 0.25) is 5.02 Å². The summed E-state index contributed by atoms with van der Waals surface area (Å²) in [5, 5.41) is 10.8. The first-order valence-corrected chi connectivity index (χ1v) is 6.21. The molecule has 0 saturated carbocycles. The first kappa shape index (κ1) is 13.8. The van der Waals surface area contributed by atoms with Gasteiger partial charge in [0.05, 0.1) is 24.2 Å². The van der Waals surface area contributed by atoms with Gasteiger partial charge in [-0.05, 0) is 19.1 Å². The average Bonchev–Trinajstić information content (AvgIpc) is 2.38. The smallest absolute Gasteiger partial charge is 0.288 e. The number of amides is 1. The minimum absolute atomic E-state index is 0.0246. The summed E-state index contributed by atoms with van der Waals surface area (Å²) in [6.07, 6.45) is 0. The van der Waals surface area contributed by atoms with Crippen LogP contribution in [0, 0.1) is 10.1 Å². The van der Waals surface area contributed by atoms with Gasteiger partial charge in [-0.15, -0.1) is 0 Å². The number of carbonyl (C=O) groups excluding carboxylic acids is 1. The van der Waals surface area contributed by atoms with Gasteiger partial charge < -0.3 is 9.64 Å². The summed E-state index contributed by atoms with van der Waals surface area (Å²) < 4.78 is 5.26. The Balaban J connectivity index is 2.28. The van der Waals surface area contributed by atoms with Crippen LogP contribution >= 0.6 is 11.6 Å². The van der Waals surface area contributed by atoms with Crippen molar-refractivity contribution < 1.29 is 14.5 Å². The predicted octanol–water partition coefficient (Wildman–Crippen LogP) is 2.11. The number of rotatable bonds is 2. The van der Waals surface area contributed by atoms with Crippen molar-refractivity contribution in [3.05, 3.63) is 38.9 Å². The van der Waals surface area contributed by atoms with Crippen molar-refractivity contribution >= 4 is 23.2 Å². The van der Waals surface area contributed by atoms with Gasteiger partial charge in [0.15, 0.2) is 0 Å². The highest BCUT2D eigenvalue weighted by Crippen LogP contribution is 2.26. The van der Waals surface area contributed by atoms with Gasteiger partial charge in [0.1, 0.15) is 5.02 Å². The second kappa shape index (κ2) is 5.54. The summed E-state index contributed by atoms with van der Waals surface area (Å²) >= 11 is 5.72. The van der Waals surface area contributed by atoms with Gasteiger partial charge in [-0.25, -0.2) is 0 Å². The molecule has 0 spiro atoms. The van der Waals surface area contributed by atoms with E-state index in [0.29, 0.717) is 19.8 Å². The van der Waals surface area contributed by atoms with E-state index in [0.717, 1.165) is 0 Å². The molecule has 19 heavy (non-hydrogen) atoms. The Bertz CT molecular complexity index is 520. The van der Waals surface area contributed by atoms with Crippen LogP contribution in [0.4, 0.5) is 5.69 Å². The number of hydrogen-bond donors (Lipinski definition) is 0. The van der Waals surface area contributed by atoms with E-state index in [9.17, 15) is 14.9 Å². The van der Waals surface area contributed by atoms with Gasteiger partial charge in [0.2, 0.25) is 0 Å². The van der Waals surface area contributed by atoms with E-state index in [1.807, 2.05) is 6.92 Å². The Morgan fingerprint density at radius 3 is 2.95 bits per heavy atom. The van der Waals surface area contributed by atoms with Gasteiger partial charge in [0, 0.05) is 18.2 Å². The van der Waals surface area contributed by atoms with Crippen LogP contribution in [0.15, 0.2) is 18.2 Å². The Labute approximate surface area is 115 Å². The maximum atomic E-state index is 12.3. The summed E-state index contributed by atoms with van der Waals surface area (Å²) in [6, 6.07) is 4.04. The van der Waals surface area contributed by atoms with E-state index in [1.165, 1.54) is 18.2 Å². The van der Waals surface area contributed by atoms with Crippen LogP contribution in [-0.4, -0.2) is 41.5 Å². The maximum Gasteiger partial charge on any atom is 0.288 e.